The maximum absolute atomic E-state index is 11.1. The average molecular weight is 235 g/mol. The van der Waals surface area contributed by atoms with E-state index < -0.39 is 10.8 Å². The van der Waals surface area contributed by atoms with Crippen LogP contribution < -0.4 is 5.32 Å². The van der Waals surface area contributed by atoms with Gasteiger partial charge in [-0.3, -0.25) is 4.21 Å². The van der Waals surface area contributed by atoms with E-state index in [0.29, 0.717) is 6.54 Å². The Kier molecular flexibility index (Phi) is 5.84. The van der Waals surface area contributed by atoms with Gasteiger partial charge in [0.2, 0.25) is 0 Å². The van der Waals surface area contributed by atoms with E-state index in [2.05, 4.69) is 17.2 Å². The lowest BCUT2D eigenvalue weighted by molar-refractivity contribution is 0.664. The van der Waals surface area contributed by atoms with Crippen LogP contribution in [-0.4, -0.2) is 28.8 Å². The van der Waals surface area contributed by atoms with Crippen LogP contribution in [0.2, 0.25) is 0 Å². The highest BCUT2D eigenvalue weighted by Crippen LogP contribution is 1.94. The van der Waals surface area contributed by atoms with E-state index in [9.17, 15) is 4.21 Å². The number of hydrogen-bond acceptors (Lipinski definition) is 2. The Morgan fingerprint density at radius 1 is 1.38 bits per heavy atom. The molecule has 2 nitrogen and oxygen atoms in total. The van der Waals surface area contributed by atoms with Gasteiger partial charge in [-0.1, -0.05) is 30.0 Å². The molecule has 0 heterocycles. The molecular formula is C13H17NOS. The summed E-state index contributed by atoms with van der Waals surface area (Å²) in [6.07, 6.45) is 1.72. The Balaban J connectivity index is 2.26. The molecule has 0 saturated carbocycles. The second-order valence-corrected chi connectivity index (χ2v) is 5.41. The Hall–Kier alpha value is -1.11. The van der Waals surface area contributed by atoms with Crippen molar-refractivity contribution < 1.29 is 4.21 Å². The molecule has 1 rings (SSSR count). The SMILES string of the molecule is CC(CNCC#Cc1ccccc1)S(C)=O. The molecule has 3 heteroatoms. The van der Waals surface area contributed by atoms with Crippen LogP contribution in [0.25, 0.3) is 0 Å². The Bertz CT molecular complexity index is 391. The first-order valence-electron chi connectivity index (χ1n) is 5.27. The zero-order valence-electron chi connectivity index (χ0n) is 9.69. The van der Waals surface area contributed by atoms with Crippen molar-refractivity contribution in [3.05, 3.63) is 35.9 Å². The fourth-order valence-electron chi connectivity index (χ4n) is 1.12. The summed E-state index contributed by atoms with van der Waals surface area (Å²) in [5.74, 6) is 6.10. The largest absolute Gasteiger partial charge is 0.305 e. The van der Waals surface area contributed by atoms with Crippen molar-refractivity contribution in [2.75, 3.05) is 19.3 Å². The molecule has 0 aromatic heterocycles. The summed E-state index contributed by atoms with van der Waals surface area (Å²) in [6.45, 7) is 3.34. The van der Waals surface area contributed by atoms with E-state index in [1.807, 2.05) is 37.3 Å². The lowest BCUT2D eigenvalue weighted by Gasteiger charge is -2.06. The van der Waals surface area contributed by atoms with Crippen LogP contribution in [0.15, 0.2) is 30.3 Å². The standard InChI is InChI=1S/C13H17NOS/c1-12(16(2)15)11-14-10-6-9-13-7-4-3-5-8-13/h3-5,7-8,12,14H,10-11H2,1-2H3. The fourth-order valence-corrected chi connectivity index (χ4v) is 1.48. The molecule has 0 saturated heterocycles. The molecule has 0 radical (unpaired) electrons. The molecule has 1 aromatic rings. The van der Waals surface area contributed by atoms with Gasteiger partial charge in [0.05, 0.1) is 6.54 Å². The van der Waals surface area contributed by atoms with Gasteiger partial charge >= 0.3 is 0 Å². The first-order valence-corrected chi connectivity index (χ1v) is 6.89. The molecule has 0 fully saturated rings. The van der Waals surface area contributed by atoms with Gasteiger partial charge in [0, 0.05) is 34.4 Å². The van der Waals surface area contributed by atoms with Crippen LogP contribution >= 0.6 is 0 Å². The second-order valence-electron chi connectivity index (χ2n) is 3.61. The molecule has 0 aliphatic heterocycles. The van der Waals surface area contributed by atoms with Crippen LogP contribution in [0, 0.1) is 11.8 Å². The van der Waals surface area contributed by atoms with Gasteiger partial charge in [0.25, 0.3) is 0 Å². The topological polar surface area (TPSA) is 29.1 Å². The van der Waals surface area contributed by atoms with Gasteiger partial charge in [-0.05, 0) is 19.1 Å². The maximum Gasteiger partial charge on any atom is 0.0580 e. The molecule has 1 N–H and O–H groups in total. The molecule has 0 bridgehead atoms. The van der Waals surface area contributed by atoms with E-state index in [1.165, 1.54) is 0 Å². The molecule has 0 spiro atoms. The molecule has 2 unspecified atom stereocenters. The van der Waals surface area contributed by atoms with Gasteiger partial charge < -0.3 is 5.32 Å². The van der Waals surface area contributed by atoms with Crippen LogP contribution in [0.3, 0.4) is 0 Å². The Morgan fingerprint density at radius 3 is 2.69 bits per heavy atom. The van der Waals surface area contributed by atoms with Crippen LogP contribution in [0.5, 0.6) is 0 Å². The smallest absolute Gasteiger partial charge is 0.0580 e. The lowest BCUT2D eigenvalue weighted by atomic mass is 10.2. The Morgan fingerprint density at radius 2 is 2.06 bits per heavy atom. The molecule has 0 aliphatic rings. The molecular weight excluding hydrogens is 218 g/mol. The Labute approximate surface area is 99.9 Å². The fraction of sp³-hybridized carbons (Fsp3) is 0.385. The van der Waals surface area contributed by atoms with E-state index in [-0.39, 0.29) is 5.25 Å². The van der Waals surface area contributed by atoms with E-state index in [0.717, 1.165) is 12.1 Å². The molecule has 0 amide bonds. The number of benzene rings is 1. The third kappa shape index (κ3) is 5.11. The summed E-state index contributed by atoms with van der Waals surface area (Å²) in [4.78, 5) is 0. The minimum absolute atomic E-state index is 0.179. The number of hydrogen-bond donors (Lipinski definition) is 1. The second kappa shape index (κ2) is 7.21. The monoisotopic (exact) mass is 235 g/mol. The minimum Gasteiger partial charge on any atom is -0.305 e. The molecule has 2 atom stereocenters. The summed E-state index contributed by atoms with van der Waals surface area (Å²) in [6, 6.07) is 9.88. The molecule has 1 aromatic carbocycles. The van der Waals surface area contributed by atoms with E-state index >= 15 is 0 Å². The van der Waals surface area contributed by atoms with Crippen LogP contribution in [-0.2, 0) is 10.8 Å². The number of rotatable bonds is 4. The highest BCUT2D eigenvalue weighted by atomic mass is 32.2. The van der Waals surface area contributed by atoms with Crippen molar-refractivity contribution in [3.8, 4) is 11.8 Å². The zero-order chi connectivity index (χ0) is 11.8. The van der Waals surface area contributed by atoms with Crippen LogP contribution in [0.4, 0.5) is 0 Å². The quantitative estimate of drug-likeness (QED) is 0.631. The number of nitrogens with one attached hydrogen (secondary N) is 1. The van der Waals surface area contributed by atoms with Crippen molar-refractivity contribution in [2.45, 2.75) is 12.2 Å². The molecule has 16 heavy (non-hydrogen) atoms. The molecule has 0 aliphatic carbocycles. The predicted octanol–water partition coefficient (Wildman–Crippen LogP) is 1.39. The summed E-state index contributed by atoms with van der Waals surface area (Å²) in [7, 11) is -0.762. The zero-order valence-corrected chi connectivity index (χ0v) is 10.5. The third-order valence-electron chi connectivity index (χ3n) is 2.22. The lowest BCUT2D eigenvalue weighted by Crippen LogP contribution is -2.27. The van der Waals surface area contributed by atoms with Crippen molar-refractivity contribution in [1.82, 2.24) is 5.32 Å². The van der Waals surface area contributed by atoms with Crippen molar-refractivity contribution >= 4 is 10.8 Å². The van der Waals surface area contributed by atoms with Crippen molar-refractivity contribution in [1.29, 1.82) is 0 Å². The summed E-state index contributed by atoms with van der Waals surface area (Å²) in [5.41, 5.74) is 1.02. The highest BCUT2D eigenvalue weighted by molar-refractivity contribution is 7.84. The van der Waals surface area contributed by atoms with Crippen molar-refractivity contribution in [2.24, 2.45) is 0 Å². The summed E-state index contributed by atoms with van der Waals surface area (Å²) < 4.78 is 11.1. The van der Waals surface area contributed by atoms with Gasteiger partial charge in [-0.15, -0.1) is 0 Å². The minimum atomic E-state index is -0.762. The van der Waals surface area contributed by atoms with Gasteiger partial charge in [0.1, 0.15) is 0 Å². The third-order valence-corrected chi connectivity index (χ3v) is 3.52. The van der Waals surface area contributed by atoms with Crippen LogP contribution in [0.1, 0.15) is 12.5 Å². The highest BCUT2D eigenvalue weighted by Gasteiger charge is 2.03. The first-order chi connectivity index (χ1) is 7.70. The normalized spacial score (nSPS) is 13.6. The maximum atomic E-state index is 11.1. The summed E-state index contributed by atoms with van der Waals surface area (Å²) >= 11 is 0. The van der Waals surface area contributed by atoms with E-state index in [1.54, 1.807) is 6.26 Å². The van der Waals surface area contributed by atoms with Gasteiger partial charge in [-0.2, -0.15) is 0 Å². The molecule has 86 valence electrons. The van der Waals surface area contributed by atoms with Gasteiger partial charge in [0.15, 0.2) is 0 Å². The summed E-state index contributed by atoms with van der Waals surface area (Å²) in [5, 5.41) is 3.35. The predicted molar refractivity (Wildman–Crippen MR) is 69.7 cm³/mol. The average Bonchev–Trinajstić information content (AvgIpc) is 2.29. The van der Waals surface area contributed by atoms with E-state index in [4.69, 9.17) is 0 Å². The van der Waals surface area contributed by atoms with Gasteiger partial charge in [-0.25, -0.2) is 0 Å². The first kappa shape index (κ1) is 13.0. The van der Waals surface area contributed by atoms with Crippen molar-refractivity contribution in [3.63, 3.8) is 0 Å².